The summed E-state index contributed by atoms with van der Waals surface area (Å²) in [7, 11) is 0. The van der Waals surface area contributed by atoms with E-state index in [1.54, 1.807) is 12.1 Å². The van der Waals surface area contributed by atoms with E-state index in [-0.39, 0.29) is 0 Å². The van der Waals surface area contributed by atoms with Gasteiger partial charge in [0.2, 0.25) is 5.89 Å². The second-order valence-electron chi connectivity index (χ2n) is 7.46. The molecule has 0 amide bonds. The van der Waals surface area contributed by atoms with E-state index in [9.17, 15) is 0 Å². The van der Waals surface area contributed by atoms with Crippen LogP contribution in [0.4, 0.5) is 0 Å². The minimum atomic E-state index is 0.566. The molecule has 4 rings (SSSR count). The number of halogens is 1. The van der Waals surface area contributed by atoms with Crippen molar-refractivity contribution in [1.29, 1.82) is 0 Å². The van der Waals surface area contributed by atoms with Crippen molar-refractivity contribution < 1.29 is 13.9 Å². The number of nitrogens with zero attached hydrogens (tertiary/aromatic N) is 2. The lowest BCUT2D eigenvalue weighted by Gasteiger charge is -2.17. The highest BCUT2D eigenvalue weighted by Gasteiger charge is 2.10. The predicted octanol–water partition coefficient (Wildman–Crippen LogP) is 7.05. The van der Waals surface area contributed by atoms with Gasteiger partial charge < -0.3 is 18.8 Å². The Morgan fingerprint density at radius 2 is 1.56 bits per heavy atom. The van der Waals surface area contributed by atoms with Gasteiger partial charge in [-0.1, -0.05) is 25.4 Å². The van der Waals surface area contributed by atoms with E-state index >= 15 is 0 Å². The van der Waals surface area contributed by atoms with Crippen molar-refractivity contribution in [2.45, 2.75) is 20.3 Å². The fraction of sp³-hybridized carbons (Fsp3) is 0.269. The Labute approximate surface area is 193 Å². The molecule has 32 heavy (non-hydrogen) atoms. The van der Waals surface area contributed by atoms with Crippen LogP contribution in [0.5, 0.6) is 17.2 Å². The normalized spacial score (nSPS) is 11.2. The fourth-order valence-electron chi connectivity index (χ4n) is 3.44. The number of rotatable bonds is 10. The third-order valence-corrected chi connectivity index (χ3v) is 5.54. The SMILES string of the molecule is CCN(CC)CCCOc1ccc(-c2nc3cc(Oc4ccc(Cl)cc4)ccc3o2)cc1. The summed E-state index contributed by atoms with van der Waals surface area (Å²) in [6.45, 7) is 8.27. The van der Waals surface area contributed by atoms with Crippen molar-refractivity contribution in [3.8, 4) is 28.7 Å². The van der Waals surface area contributed by atoms with E-state index in [0.717, 1.165) is 42.9 Å². The largest absolute Gasteiger partial charge is 0.494 e. The maximum Gasteiger partial charge on any atom is 0.227 e. The van der Waals surface area contributed by atoms with Crippen molar-refractivity contribution in [2.24, 2.45) is 0 Å². The van der Waals surface area contributed by atoms with Crippen LogP contribution in [0.1, 0.15) is 20.3 Å². The quantitative estimate of drug-likeness (QED) is 0.242. The van der Waals surface area contributed by atoms with Crippen LogP contribution in [-0.2, 0) is 0 Å². The zero-order valence-electron chi connectivity index (χ0n) is 18.4. The van der Waals surface area contributed by atoms with Gasteiger partial charge in [-0.3, -0.25) is 0 Å². The summed E-state index contributed by atoms with van der Waals surface area (Å²) in [6.07, 6.45) is 1.01. The first-order valence-electron chi connectivity index (χ1n) is 10.9. The number of oxazole rings is 1. The van der Waals surface area contributed by atoms with Gasteiger partial charge in [-0.05, 0) is 80.2 Å². The molecule has 0 aliphatic rings. The van der Waals surface area contributed by atoms with Crippen LogP contribution in [0.25, 0.3) is 22.6 Å². The van der Waals surface area contributed by atoms with Gasteiger partial charge in [-0.15, -0.1) is 0 Å². The smallest absolute Gasteiger partial charge is 0.227 e. The highest BCUT2D eigenvalue weighted by atomic mass is 35.5. The van der Waals surface area contributed by atoms with Crippen LogP contribution in [0.15, 0.2) is 71.1 Å². The van der Waals surface area contributed by atoms with Gasteiger partial charge in [-0.2, -0.15) is 0 Å². The summed E-state index contributed by atoms with van der Waals surface area (Å²) in [5, 5.41) is 0.671. The monoisotopic (exact) mass is 450 g/mol. The lowest BCUT2D eigenvalue weighted by Crippen LogP contribution is -2.25. The third kappa shape index (κ3) is 5.61. The first-order valence-corrected chi connectivity index (χ1v) is 11.3. The molecule has 0 bridgehead atoms. The van der Waals surface area contributed by atoms with E-state index in [2.05, 4.69) is 23.7 Å². The number of aromatic nitrogens is 1. The van der Waals surface area contributed by atoms with Gasteiger partial charge in [0.1, 0.15) is 22.8 Å². The number of benzene rings is 3. The minimum absolute atomic E-state index is 0.566. The molecule has 0 N–H and O–H groups in total. The topological polar surface area (TPSA) is 47.7 Å². The van der Waals surface area contributed by atoms with Crippen LogP contribution in [-0.4, -0.2) is 36.1 Å². The van der Waals surface area contributed by atoms with Crippen LogP contribution in [0.2, 0.25) is 5.02 Å². The molecule has 0 aliphatic heterocycles. The summed E-state index contributed by atoms with van der Waals surface area (Å²) in [4.78, 5) is 7.02. The number of hydrogen-bond acceptors (Lipinski definition) is 5. The molecule has 0 unspecified atom stereocenters. The van der Waals surface area contributed by atoms with Crippen molar-refractivity contribution in [1.82, 2.24) is 9.88 Å². The van der Waals surface area contributed by atoms with E-state index in [0.29, 0.717) is 34.6 Å². The highest BCUT2D eigenvalue weighted by Crippen LogP contribution is 2.30. The molecule has 3 aromatic carbocycles. The van der Waals surface area contributed by atoms with E-state index in [1.165, 1.54) is 0 Å². The average Bonchev–Trinajstić information content (AvgIpc) is 3.24. The lowest BCUT2D eigenvalue weighted by atomic mass is 10.2. The minimum Gasteiger partial charge on any atom is -0.494 e. The molecule has 0 saturated carbocycles. The maximum atomic E-state index is 5.93. The summed E-state index contributed by atoms with van der Waals surface area (Å²) in [6, 6.07) is 20.7. The molecular formula is C26H27ClN2O3. The predicted molar refractivity (Wildman–Crippen MR) is 129 cm³/mol. The van der Waals surface area contributed by atoms with Gasteiger partial charge in [0.05, 0.1) is 6.61 Å². The van der Waals surface area contributed by atoms with E-state index < -0.39 is 0 Å². The number of ether oxygens (including phenoxy) is 2. The second kappa shape index (κ2) is 10.5. The Hall–Kier alpha value is -3.02. The molecule has 0 fully saturated rings. The van der Waals surface area contributed by atoms with Crippen molar-refractivity contribution in [3.63, 3.8) is 0 Å². The van der Waals surface area contributed by atoms with Gasteiger partial charge in [0.25, 0.3) is 0 Å². The molecule has 5 nitrogen and oxygen atoms in total. The number of fused-ring (bicyclic) bond motifs is 1. The van der Waals surface area contributed by atoms with E-state index in [4.69, 9.17) is 25.5 Å². The number of hydrogen-bond donors (Lipinski definition) is 0. The standard InChI is InChI=1S/C26H27ClN2O3/c1-3-29(4-2)16-5-17-30-21-10-6-19(7-11-21)26-28-24-18-23(14-15-25(24)32-26)31-22-12-8-20(27)9-13-22/h6-15,18H,3-5,16-17H2,1-2H3. The lowest BCUT2D eigenvalue weighted by molar-refractivity contribution is 0.249. The molecule has 1 heterocycles. The van der Waals surface area contributed by atoms with Crippen LogP contribution in [0, 0.1) is 0 Å². The Morgan fingerprint density at radius 3 is 2.28 bits per heavy atom. The maximum absolute atomic E-state index is 5.93. The Morgan fingerprint density at radius 1 is 0.875 bits per heavy atom. The Kier molecular flexibility index (Phi) is 7.30. The molecule has 1 aromatic heterocycles. The van der Waals surface area contributed by atoms with Crippen LogP contribution in [0.3, 0.4) is 0 Å². The molecule has 0 spiro atoms. The van der Waals surface area contributed by atoms with E-state index in [1.807, 2.05) is 54.6 Å². The highest BCUT2D eigenvalue weighted by molar-refractivity contribution is 6.30. The summed E-state index contributed by atoms with van der Waals surface area (Å²) >= 11 is 5.93. The molecule has 0 radical (unpaired) electrons. The molecule has 166 valence electrons. The Bertz CT molecular complexity index is 1140. The first kappa shape index (κ1) is 22.2. The van der Waals surface area contributed by atoms with Gasteiger partial charge in [0.15, 0.2) is 5.58 Å². The zero-order valence-corrected chi connectivity index (χ0v) is 19.1. The van der Waals surface area contributed by atoms with Crippen molar-refractivity contribution in [3.05, 3.63) is 71.8 Å². The third-order valence-electron chi connectivity index (χ3n) is 5.29. The van der Waals surface area contributed by atoms with Crippen molar-refractivity contribution in [2.75, 3.05) is 26.2 Å². The van der Waals surface area contributed by atoms with Gasteiger partial charge in [0, 0.05) is 23.2 Å². The molecule has 0 aliphatic carbocycles. The van der Waals surface area contributed by atoms with Gasteiger partial charge >= 0.3 is 0 Å². The fourth-order valence-corrected chi connectivity index (χ4v) is 3.57. The Balaban J connectivity index is 1.39. The molecular weight excluding hydrogens is 424 g/mol. The average molecular weight is 451 g/mol. The van der Waals surface area contributed by atoms with Crippen LogP contribution < -0.4 is 9.47 Å². The van der Waals surface area contributed by atoms with Gasteiger partial charge in [-0.25, -0.2) is 4.98 Å². The molecule has 0 saturated heterocycles. The molecule has 6 heteroatoms. The summed E-state index contributed by atoms with van der Waals surface area (Å²) in [5.41, 5.74) is 2.35. The second-order valence-corrected chi connectivity index (χ2v) is 7.89. The zero-order chi connectivity index (χ0) is 22.3. The van der Waals surface area contributed by atoms with Crippen LogP contribution >= 0.6 is 11.6 Å². The first-order chi connectivity index (χ1) is 15.6. The summed E-state index contributed by atoms with van der Waals surface area (Å²) in [5.74, 6) is 2.82. The van der Waals surface area contributed by atoms with Crippen molar-refractivity contribution >= 4 is 22.7 Å². The molecule has 0 atom stereocenters. The molecule has 4 aromatic rings. The summed E-state index contributed by atoms with van der Waals surface area (Å²) < 4.78 is 17.7.